The third kappa shape index (κ3) is 2.75. The van der Waals surface area contributed by atoms with Gasteiger partial charge in [0.15, 0.2) is 5.96 Å². The average Bonchev–Trinajstić information content (AvgIpc) is 2.90. The fourth-order valence-corrected chi connectivity index (χ4v) is 3.25. The van der Waals surface area contributed by atoms with E-state index in [4.69, 9.17) is 5.73 Å². The largest absolute Gasteiger partial charge is 0.370 e. The number of thioether (sulfide) groups is 1. The van der Waals surface area contributed by atoms with Crippen molar-refractivity contribution in [1.82, 2.24) is 14.9 Å². The van der Waals surface area contributed by atoms with Crippen molar-refractivity contribution in [2.24, 2.45) is 10.7 Å². The third-order valence-corrected chi connectivity index (χ3v) is 4.43. The number of benzene rings is 1. The first-order valence-electron chi connectivity index (χ1n) is 6.81. The molecule has 2 aromatic rings. The van der Waals surface area contributed by atoms with Crippen LogP contribution in [0.1, 0.15) is 11.4 Å². The van der Waals surface area contributed by atoms with Crippen LogP contribution in [0.2, 0.25) is 0 Å². The van der Waals surface area contributed by atoms with Crippen molar-refractivity contribution >= 4 is 28.8 Å². The van der Waals surface area contributed by atoms with Gasteiger partial charge in [0.2, 0.25) is 0 Å². The van der Waals surface area contributed by atoms with E-state index in [-0.39, 0.29) is 0 Å². The Morgan fingerprint density at radius 2 is 2.25 bits per heavy atom. The fraction of sp³-hybridized carbons (Fsp3) is 0.429. The Bertz CT molecular complexity index is 628. The van der Waals surface area contributed by atoms with E-state index < -0.39 is 0 Å². The average molecular weight is 289 g/mol. The molecule has 0 aliphatic carbocycles. The lowest BCUT2D eigenvalue weighted by atomic mass is 10.2. The maximum absolute atomic E-state index is 6.05. The molecule has 0 spiro atoms. The molecule has 3 N–H and O–H groups in total. The lowest BCUT2D eigenvalue weighted by Crippen LogP contribution is -2.42. The van der Waals surface area contributed by atoms with Gasteiger partial charge in [0.05, 0.1) is 11.0 Å². The molecule has 1 saturated heterocycles. The molecule has 0 bridgehead atoms. The summed E-state index contributed by atoms with van der Waals surface area (Å²) in [5.74, 6) is 3.74. The van der Waals surface area contributed by atoms with Gasteiger partial charge in [0.25, 0.3) is 0 Å². The second-order valence-electron chi connectivity index (χ2n) is 4.93. The molecule has 20 heavy (non-hydrogen) atoms. The van der Waals surface area contributed by atoms with Crippen LogP contribution in [0, 0.1) is 6.92 Å². The molecule has 6 heteroatoms. The molecule has 3 rings (SSSR count). The summed E-state index contributed by atoms with van der Waals surface area (Å²) in [4.78, 5) is 14.5. The number of aryl methyl sites for hydroxylation is 1. The molecular weight excluding hydrogens is 270 g/mol. The number of aromatic amines is 1. The summed E-state index contributed by atoms with van der Waals surface area (Å²) in [7, 11) is 0. The van der Waals surface area contributed by atoms with E-state index >= 15 is 0 Å². The van der Waals surface area contributed by atoms with Gasteiger partial charge in [-0.1, -0.05) is 12.1 Å². The van der Waals surface area contributed by atoms with E-state index in [9.17, 15) is 0 Å². The van der Waals surface area contributed by atoms with Gasteiger partial charge in [0, 0.05) is 24.6 Å². The molecule has 0 atom stereocenters. The summed E-state index contributed by atoms with van der Waals surface area (Å²) >= 11 is 1.96. The molecule has 5 nitrogen and oxygen atoms in total. The minimum atomic E-state index is 0.504. The number of guanidine groups is 1. The topological polar surface area (TPSA) is 70.3 Å². The number of aliphatic imine (C=N–C) groups is 1. The molecule has 1 fully saturated rings. The van der Waals surface area contributed by atoms with Crippen LogP contribution in [-0.4, -0.2) is 45.4 Å². The van der Waals surface area contributed by atoms with Crippen LogP contribution in [0.5, 0.6) is 0 Å². The Kier molecular flexibility index (Phi) is 3.82. The SMILES string of the molecule is Cc1cccc2[nH]c(CN=C(N)N3CCSCC3)nc12. The minimum absolute atomic E-state index is 0.504. The summed E-state index contributed by atoms with van der Waals surface area (Å²) in [6, 6.07) is 6.13. The number of imidazole rings is 1. The zero-order valence-corrected chi connectivity index (χ0v) is 12.4. The van der Waals surface area contributed by atoms with Crippen molar-refractivity contribution < 1.29 is 0 Å². The summed E-state index contributed by atoms with van der Waals surface area (Å²) in [5, 5.41) is 0. The van der Waals surface area contributed by atoms with E-state index in [1.807, 2.05) is 23.9 Å². The normalized spacial score (nSPS) is 16.9. The quantitative estimate of drug-likeness (QED) is 0.652. The number of nitrogens with one attached hydrogen (secondary N) is 1. The van der Waals surface area contributed by atoms with Gasteiger partial charge >= 0.3 is 0 Å². The summed E-state index contributed by atoms with van der Waals surface area (Å²) in [5.41, 5.74) is 9.30. The second kappa shape index (κ2) is 5.75. The number of fused-ring (bicyclic) bond motifs is 1. The number of rotatable bonds is 2. The summed E-state index contributed by atoms with van der Waals surface area (Å²) < 4.78 is 0. The van der Waals surface area contributed by atoms with E-state index in [1.165, 1.54) is 5.56 Å². The number of hydrogen-bond acceptors (Lipinski definition) is 3. The molecule has 0 unspecified atom stereocenters. The van der Waals surface area contributed by atoms with Gasteiger partial charge < -0.3 is 15.6 Å². The van der Waals surface area contributed by atoms with E-state index in [2.05, 4.69) is 32.9 Å². The number of hydrogen-bond donors (Lipinski definition) is 2. The standard InChI is InChI=1S/C14H19N5S/c1-10-3-2-4-11-13(10)18-12(17-11)9-16-14(15)19-5-7-20-8-6-19/h2-4H,5-9H2,1H3,(H2,15,16)(H,17,18). The van der Waals surface area contributed by atoms with Crippen LogP contribution in [0.15, 0.2) is 23.2 Å². The van der Waals surface area contributed by atoms with Gasteiger partial charge in [-0.25, -0.2) is 9.98 Å². The maximum Gasteiger partial charge on any atom is 0.191 e. The Balaban J connectivity index is 1.74. The first kappa shape index (κ1) is 13.3. The van der Waals surface area contributed by atoms with Crippen LogP contribution in [0.4, 0.5) is 0 Å². The molecule has 2 heterocycles. The lowest BCUT2D eigenvalue weighted by molar-refractivity contribution is 0.455. The molecule has 106 valence electrons. The summed E-state index contributed by atoms with van der Waals surface area (Å²) in [6.07, 6.45) is 0. The van der Waals surface area contributed by atoms with Crippen molar-refractivity contribution in [2.75, 3.05) is 24.6 Å². The molecular formula is C14H19N5S. The highest BCUT2D eigenvalue weighted by Crippen LogP contribution is 2.16. The van der Waals surface area contributed by atoms with Gasteiger partial charge in [-0.15, -0.1) is 0 Å². The van der Waals surface area contributed by atoms with Crippen molar-refractivity contribution in [3.8, 4) is 0 Å². The third-order valence-electron chi connectivity index (χ3n) is 3.49. The predicted octanol–water partition coefficient (Wildman–Crippen LogP) is 1.73. The minimum Gasteiger partial charge on any atom is -0.370 e. The smallest absolute Gasteiger partial charge is 0.191 e. The highest BCUT2D eigenvalue weighted by atomic mass is 32.2. The molecule has 0 saturated carbocycles. The highest BCUT2D eigenvalue weighted by Gasteiger charge is 2.12. The van der Waals surface area contributed by atoms with Gasteiger partial charge in [-0.3, -0.25) is 0 Å². The van der Waals surface area contributed by atoms with Crippen molar-refractivity contribution in [1.29, 1.82) is 0 Å². The Morgan fingerprint density at radius 1 is 1.45 bits per heavy atom. The van der Waals surface area contributed by atoms with E-state index in [0.29, 0.717) is 12.5 Å². The number of nitrogens with two attached hydrogens (primary N) is 1. The van der Waals surface area contributed by atoms with Gasteiger partial charge in [-0.05, 0) is 18.6 Å². The van der Waals surface area contributed by atoms with Crippen molar-refractivity contribution in [3.05, 3.63) is 29.6 Å². The fourth-order valence-electron chi connectivity index (χ4n) is 2.35. The van der Waals surface area contributed by atoms with Crippen LogP contribution < -0.4 is 5.73 Å². The first-order chi connectivity index (χ1) is 9.74. The number of para-hydroxylation sites is 1. The zero-order chi connectivity index (χ0) is 13.9. The molecule has 0 radical (unpaired) electrons. The second-order valence-corrected chi connectivity index (χ2v) is 6.15. The maximum atomic E-state index is 6.05. The van der Waals surface area contributed by atoms with Crippen LogP contribution in [-0.2, 0) is 6.54 Å². The highest BCUT2D eigenvalue weighted by molar-refractivity contribution is 7.99. The molecule has 1 aromatic carbocycles. The summed E-state index contributed by atoms with van der Waals surface area (Å²) in [6.45, 7) is 4.54. The predicted molar refractivity (Wildman–Crippen MR) is 85.1 cm³/mol. The number of H-pyrrole nitrogens is 1. The Hall–Kier alpha value is -1.69. The molecule has 1 aliphatic heterocycles. The zero-order valence-electron chi connectivity index (χ0n) is 11.6. The van der Waals surface area contributed by atoms with Crippen molar-refractivity contribution in [3.63, 3.8) is 0 Å². The van der Waals surface area contributed by atoms with Gasteiger partial charge in [-0.2, -0.15) is 11.8 Å². The monoisotopic (exact) mass is 289 g/mol. The van der Waals surface area contributed by atoms with Crippen molar-refractivity contribution in [2.45, 2.75) is 13.5 Å². The van der Waals surface area contributed by atoms with E-state index in [1.54, 1.807) is 0 Å². The Morgan fingerprint density at radius 3 is 3.00 bits per heavy atom. The van der Waals surface area contributed by atoms with Crippen LogP contribution in [0.25, 0.3) is 11.0 Å². The van der Waals surface area contributed by atoms with Crippen LogP contribution in [0.3, 0.4) is 0 Å². The molecule has 1 aromatic heterocycles. The Labute approximate surface area is 122 Å². The lowest BCUT2D eigenvalue weighted by Gasteiger charge is -2.27. The first-order valence-corrected chi connectivity index (χ1v) is 7.96. The number of nitrogens with zero attached hydrogens (tertiary/aromatic N) is 3. The van der Waals surface area contributed by atoms with Crippen LogP contribution >= 0.6 is 11.8 Å². The molecule has 0 amide bonds. The number of aromatic nitrogens is 2. The van der Waals surface area contributed by atoms with E-state index in [0.717, 1.165) is 41.5 Å². The molecule has 1 aliphatic rings. The van der Waals surface area contributed by atoms with Gasteiger partial charge in [0.1, 0.15) is 12.4 Å².